The highest BCUT2D eigenvalue weighted by Crippen LogP contribution is 2.26. The van der Waals surface area contributed by atoms with Crippen LogP contribution in [0.15, 0.2) is 29.2 Å². The van der Waals surface area contributed by atoms with Gasteiger partial charge in [-0.1, -0.05) is 0 Å². The summed E-state index contributed by atoms with van der Waals surface area (Å²) in [4.78, 5) is -1.33. The van der Waals surface area contributed by atoms with Crippen molar-refractivity contribution in [2.45, 2.75) is 0 Å². The number of sulfonamides is 1. The molecule has 0 aliphatic carbocycles. The molecule has 0 aliphatic rings. The number of benzene rings is 2. The van der Waals surface area contributed by atoms with Gasteiger partial charge in [0, 0.05) is 5.69 Å². The summed E-state index contributed by atoms with van der Waals surface area (Å²) in [6, 6.07) is 4.84. The van der Waals surface area contributed by atoms with Crippen LogP contribution in [-0.4, -0.2) is 8.42 Å². The van der Waals surface area contributed by atoms with Crippen LogP contribution >= 0.6 is 0 Å². The van der Waals surface area contributed by atoms with Gasteiger partial charge < -0.3 is 0 Å². The fraction of sp³-hybridized carbons (Fsp3) is 0. The van der Waals surface area contributed by atoms with Gasteiger partial charge in [-0.2, -0.15) is 5.26 Å². The fourth-order valence-corrected chi connectivity index (χ4v) is 2.73. The van der Waals surface area contributed by atoms with E-state index in [4.69, 9.17) is 5.26 Å². The number of nitrogens with zero attached hydrogens (tertiary/aromatic N) is 1. The summed E-state index contributed by atoms with van der Waals surface area (Å²) in [5.74, 6) is -12.3. The number of rotatable bonds is 4. The first kappa shape index (κ1) is 19.3. The molecular weight excluding hydrogens is 386 g/mol. The van der Waals surface area contributed by atoms with E-state index >= 15 is 0 Å². The quantitative estimate of drug-likeness (QED) is 0.372. The van der Waals surface area contributed by atoms with Gasteiger partial charge in [0.2, 0.25) is 5.82 Å². The maximum atomic E-state index is 13.6. The molecule has 2 aromatic carbocycles. The molecule has 0 atom stereocenters. The van der Waals surface area contributed by atoms with Crippen molar-refractivity contribution in [3.05, 3.63) is 69.6 Å². The Hall–Kier alpha value is -3.00. The zero-order valence-electron chi connectivity index (χ0n) is 12.3. The minimum absolute atomic E-state index is 0.00211. The number of halogens is 6. The maximum absolute atomic E-state index is 13.6. The average Bonchev–Trinajstić information content (AvgIpc) is 2.60. The highest BCUT2D eigenvalue weighted by Gasteiger charge is 2.27. The molecule has 0 aliphatic heterocycles. The van der Waals surface area contributed by atoms with Crippen LogP contribution in [0.25, 0.3) is 6.08 Å². The summed E-state index contributed by atoms with van der Waals surface area (Å²) in [6.45, 7) is 0. The molecule has 0 fully saturated rings. The second-order valence-electron chi connectivity index (χ2n) is 4.72. The Bertz CT molecular complexity index is 1010. The largest absolute Gasteiger partial charge is 0.279 e. The van der Waals surface area contributed by atoms with Crippen molar-refractivity contribution in [1.29, 1.82) is 5.26 Å². The second kappa shape index (κ2) is 7.09. The van der Waals surface area contributed by atoms with Crippen molar-refractivity contribution >= 4 is 21.8 Å². The van der Waals surface area contributed by atoms with Crippen molar-refractivity contribution in [1.82, 2.24) is 0 Å². The van der Waals surface area contributed by atoms with Crippen LogP contribution in [0.3, 0.4) is 0 Å². The van der Waals surface area contributed by atoms with E-state index in [1.54, 1.807) is 4.72 Å². The van der Waals surface area contributed by atoms with Gasteiger partial charge in [0.05, 0.1) is 5.56 Å². The topological polar surface area (TPSA) is 70.0 Å². The Morgan fingerprint density at radius 1 is 0.885 bits per heavy atom. The lowest BCUT2D eigenvalue weighted by Gasteiger charge is -2.08. The SMILES string of the molecule is N#C/C(=C\c1c(F)c(F)c(F)c(F)c1F)S(=O)(=O)Nc1ccc(F)cc1. The number of nitrogens with one attached hydrogen (secondary N) is 1. The monoisotopic (exact) mass is 392 g/mol. The number of nitriles is 1. The number of hydrogen-bond acceptors (Lipinski definition) is 3. The third-order valence-electron chi connectivity index (χ3n) is 3.02. The maximum Gasteiger partial charge on any atom is 0.272 e. The lowest BCUT2D eigenvalue weighted by atomic mass is 10.1. The molecule has 0 aromatic heterocycles. The molecule has 2 aromatic rings. The highest BCUT2D eigenvalue weighted by atomic mass is 32.2. The Morgan fingerprint density at radius 3 is 1.81 bits per heavy atom. The van der Waals surface area contributed by atoms with Crippen molar-refractivity contribution in [3.63, 3.8) is 0 Å². The summed E-state index contributed by atoms with van der Waals surface area (Å²) in [6.07, 6.45) is 0.00211. The van der Waals surface area contributed by atoms with Crippen LogP contribution in [-0.2, 0) is 10.0 Å². The summed E-state index contributed by atoms with van der Waals surface area (Å²) in [5, 5.41) is 8.92. The minimum atomic E-state index is -4.75. The molecule has 0 bridgehead atoms. The van der Waals surface area contributed by atoms with Crippen LogP contribution in [0.2, 0.25) is 0 Å². The molecule has 0 heterocycles. The van der Waals surface area contributed by atoms with Gasteiger partial charge in [-0.25, -0.2) is 34.8 Å². The third-order valence-corrected chi connectivity index (χ3v) is 4.31. The zero-order valence-corrected chi connectivity index (χ0v) is 13.1. The number of anilines is 1. The minimum Gasteiger partial charge on any atom is -0.279 e. The molecule has 0 saturated carbocycles. The summed E-state index contributed by atoms with van der Waals surface area (Å²) in [5.41, 5.74) is -1.80. The Balaban J connectivity index is 2.55. The van der Waals surface area contributed by atoms with E-state index in [0.717, 1.165) is 30.3 Å². The van der Waals surface area contributed by atoms with E-state index in [1.807, 2.05) is 0 Å². The molecule has 11 heteroatoms. The highest BCUT2D eigenvalue weighted by molar-refractivity contribution is 7.96. The Kier molecular flexibility index (Phi) is 5.27. The lowest BCUT2D eigenvalue weighted by molar-refractivity contribution is 0.377. The van der Waals surface area contributed by atoms with Gasteiger partial charge in [0.25, 0.3) is 10.0 Å². The first-order valence-electron chi connectivity index (χ1n) is 6.50. The molecule has 0 spiro atoms. The molecule has 2 rings (SSSR count). The molecular formula is C15H6F6N2O2S. The molecule has 0 unspecified atom stereocenters. The Labute approximate surface area is 143 Å². The predicted molar refractivity (Wildman–Crippen MR) is 78.8 cm³/mol. The number of hydrogen-bond donors (Lipinski definition) is 1. The fourth-order valence-electron chi connectivity index (χ4n) is 1.78. The van der Waals surface area contributed by atoms with E-state index in [9.17, 15) is 34.8 Å². The molecule has 26 heavy (non-hydrogen) atoms. The normalized spacial score (nSPS) is 12.0. The summed E-state index contributed by atoms with van der Waals surface area (Å²) < 4.78 is 105. The van der Waals surface area contributed by atoms with Crippen molar-refractivity contribution in [3.8, 4) is 6.07 Å². The molecule has 1 N–H and O–H groups in total. The zero-order chi connectivity index (χ0) is 19.6. The van der Waals surface area contributed by atoms with Crippen molar-refractivity contribution in [2.75, 3.05) is 4.72 Å². The van der Waals surface area contributed by atoms with Gasteiger partial charge in [0.1, 0.15) is 11.9 Å². The van der Waals surface area contributed by atoms with E-state index in [2.05, 4.69) is 0 Å². The van der Waals surface area contributed by atoms with E-state index in [0.29, 0.717) is 0 Å². The lowest BCUT2D eigenvalue weighted by Crippen LogP contribution is -2.15. The van der Waals surface area contributed by atoms with Crippen LogP contribution in [0.1, 0.15) is 5.56 Å². The standard InChI is InChI=1S/C15H6F6N2O2S/c16-7-1-3-8(4-2-7)23-26(24,25)9(6-22)5-10-11(17)13(19)15(21)14(20)12(10)18/h1-5,23H/b9-5+. The van der Waals surface area contributed by atoms with E-state index in [-0.39, 0.29) is 11.8 Å². The second-order valence-corrected chi connectivity index (χ2v) is 6.37. The molecule has 0 radical (unpaired) electrons. The smallest absolute Gasteiger partial charge is 0.272 e. The van der Waals surface area contributed by atoms with Gasteiger partial charge in [-0.05, 0) is 30.3 Å². The Morgan fingerprint density at radius 2 is 1.35 bits per heavy atom. The molecule has 4 nitrogen and oxygen atoms in total. The average molecular weight is 392 g/mol. The van der Waals surface area contributed by atoms with Gasteiger partial charge >= 0.3 is 0 Å². The van der Waals surface area contributed by atoms with E-state index < -0.39 is 55.4 Å². The van der Waals surface area contributed by atoms with Gasteiger partial charge in [-0.15, -0.1) is 0 Å². The third kappa shape index (κ3) is 3.65. The van der Waals surface area contributed by atoms with Crippen LogP contribution < -0.4 is 4.72 Å². The number of allylic oxidation sites excluding steroid dienone is 1. The predicted octanol–water partition coefficient (Wildman–Crippen LogP) is 3.83. The van der Waals surface area contributed by atoms with Gasteiger partial charge in [-0.3, -0.25) is 4.72 Å². The molecule has 136 valence electrons. The summed E-state index contributed by atoms with van der Waals surface area (Å²) >= 11 is 0. The molecule has 0 amide bonds. The van der Waals surface area contributed by atoms with Crippen molar-refractivity contribution < 1.29 is 34.8 Å². The first-order chi connectivity index (χ1) is 12.1. The first-order valence-corrected chi connectivity index (χ1v) is 7.98. The van der Waals surface area contributed by atoms with Gasteiger partial charge in [0.15, 0.2) is 28.2 Å². The summed E-state index contributed by atoms with van der Waals surface area (Å²) in [7, 11) is -4.75. The molecule has 0 saturated heterocycles. The van der Waals surface area contributed by atoms with Crippen LogP contribution in [0, 0.1) is 46.2 Å². The van der Waals surface area contributed by atoms with E-state index in [1.165, 1.54) is 0 Å². The van der Waals surface area contributed by atoms with Crippen molar-refractivity contribution in [2.24, 2.45) is 0 Å². The van der Waals surface area contributed by atoms with Crippen LogP contribution in [0.4, 0.5) is 32.0 Å². The van der Waals surface area contributed by atoms with Crippen LogP contribution in [0.5, 0.6) is 0 Å².